The second kappa shape index (κ2) is 4.06. The van der Waals surface area contributed by atoms with Gasteiger partial charge in [-0.3, -0.25) is 9.69 Å². The summed E-state index contributed by atoms with van der Waals surface area (Å²) in [5.74, 6) is -0.0583. The van der Waals surface area contributed by atoms with Crippen molar-refractivity contribution in [2.45, 2.75) is 25.4 Å². The average molecular weight is 316 g/mol. The minimum Gasteiger partial charge on any atom is -0.312 e. The molecular weight excluding hydrogens is 306 g/mol. The van der Waals surface area contributed by atoms with Crippen LogP contribution in [0.1, 0.15) is 17.7 Å². The summed E-state index contributed by atoms with van der Waals surface area (Å²) >= 11 is 4.72. The molecule has 3 heterocycles. The average Bonchev–Trinajstić information content (AvgIpc) is 2.96. The Morgan fingerprint density at radius 3 is 3.00 bits per heavy atom. The van der Waals surface area contributed by atoms with Crippen molar-refractivity contribution >= 4 is 39.2 Å². The third-order valence-electron chi connectivity index (χ3n) is 3.12. The third kappa shape index (κ3) is 1.77. The summed E-state index contributed by atoms with van der Waals surface area (Å²) in [5.41, 5.74) is 0. The van der Waals surface area contributed by atoms with Gasteiger partial charge < -0.3 is 4.90 Å². The zero-order chi connectivity index (χ0) is 12.0. The summed E-state index contributed by atoms with van der Waals surface area (Å²) in [6.45, 7) is 1.05. The Balaban J connectivity index is 1.80. The fourth-order valence-electron chi connectivity index (χ4n) is 2.34. The van der Waals surface area contributed by atoms with Crippen molar-refractivity contribution in [3.05, 3.63) is 15.0 Å². The fourth-order valence-corrected chi connectivity index (χ4v) is 3.69. The number of hydrogen-bond donors (Lipinski definition) is 0. The lowest BCUT2D eigenvalue weighted by Crippen LogP contribution is -2.32. The monoisotopic (exact) mass is 315 g/mol. The van der Waals surface area contributed by atoms with Crippen molar-refractivity contribution in [3.63, 3.8) is 0 Å². The van der Waals surface area contributed by atoms with Crippen molar-refractivity contribution in [2.75, 3.05) is 6.54 Å². The molecule has 2 aliphatic heterocycles. The van der Waals surface area contributed by atoms with E-state index in [1.165, 1.54) is 16.2 Å². The van der Waals surface area contributed by atoms with Gasteiger partial charge in [0, 0.05) is 17.6 Å². The van der Waals surface area contributed by atoms with Crippen molar-refractivity contribution in [2.24, 2.45) is 0 Å². The molecule has 0 radical (unpaired) electrons. The Morgan fingerprint density at radius 2 is 2.35 bits per heavy atom. The molecule has 2 aliphatic rings. The number of halogens is 1. The van der Waals surface area contributed by atoms with Crippen LogP contribution in [0.5, 0.6) is 0 Å². The van der Waals surface area contributed by atoms with Crippen LogP contribution in [0, 0.1) is 0 Å². The van der Waals surface area contributed by atoms with Gasteiger partial charge in [0.15, 0.2) is 3.92 Å². The SMILES string of the molecule is O=C1C2CCCN2C(=O)N1Cc1cnc(Br)s1. The minimum absolute atomic E-state index is 0.0583. The molecule has 2 fully saturated rings. The molecule has 3 amide bonds. The highest BCUT2D eigenvalue weighted by Crippen LogP contribution is 2.29. The largest absolute Gasteiger partial charge is 0.327 e. The van der Waals surface area contributed by atoms with Gasteiger partial charge in [-0.2, -0.15) is 0 Å². The Labute approximate surface area is 111 Å². The summed E-state index contributed by atoms with van der Waals surface area (Å²) in [6.07, 6.45) is 3.42. The van der Waals surface area contributed by atoms with Crippen LogP contribution in [-0.4, -0.2) is 39.3 Å². The maximum atomic E-state index is 12.0. The fraction of sp³-hybridized carbons (Fsp3) is 0.500. The van der Waals surface area contributed by atoms with Crippen molar-refractivity contribution in [1.29, 1.82) is 0 Å². The first-order valence-electron chi connectivity index (χ1n) is 5.39. The quantitative estimate of drug-likeness (QED) is 0.782. The number of imide groups is 1. The zero-order valence-corrected chi connectivity index (χ0v) is 11.3. The lowest BCUT2D eigenvalue weighted by Gasteiger charge is -2.14. The molecule has 3 rings (SSSR count). The molecule has 17 heavy (non-hydrogen) atoms. The van der Waals surface area contributed by atoms with Crippen LogP contribution in [0.25, 0.3) is 0 Å². The highest BCUT2D eigenvalue weighted by atomic mass is 79.9. The highest BCUT2D eigenvalue weighted by Gasteiger charge is 2.47. The van der Waals surface area contributed by atoms with Gasteiger partial charge in [-0.25, -0.2) is 9.78 Å². The maximum absolute atomic E-state index is 12.0. The number of amides is 3. The van der Waals surface area contributed by atoms with Gasteiger partial charge in [0.05, 0.1) is 6.54 Å². The molecule has 7 heteroatoms. The molecule has 1 aromatic rings. The van der Waals surface area contributed by atoms with E-state index in [9.17, 15) is 9.59 Å². The van der Waals surface area contributed by atoms with E-state index in [4.69, 9.17) is 0 Å². The molecule has 0 aliphatic carbocycles. The Morgan fingerprint density at radius 1 is 1.53 bits per heavy atom. The summed E-state index contributed by atoms with van der Waals surface area (Å²) in [7, 11) is 0. The van der Waals surface area contributed by atoms with Crippen LogP contribution in [0.4, 0.5) is 4.79 Å². The number of rotatable bonds is 2. The maximum Gasteiger partial charge on any atom is 0.327 e. The molecule has 2 saturated heterocycles. The standard InChI is InChI=1S/C10H10BrN3O2S/c11-9-12-4-6(17-9)5-14-8(15)7-2-1-3-13(7)10(14)16/h4,7H,1-3,5H2. The number of urea groups is 1. The summed E-state index contributed by atoms with van der Waals surface area (Å²) < 4.78 is 0.770. The lowest BCUT2D eigenvalue weighted by atomic mass is 10.2. The summed E-state index contributed by atoms with van der Waals surface area (Å²) in [4.78, 5) is 32.0. The molecule has 90 valence electrons. The molecule has 0 saturated carbocycles. The number of hydrogen-bond acceptors (Lipinski definition) is 4. The van der Waals surface area contributed by atoms with Gasteiger partial charge in [0.1, 0.15) is 6.04 Å². The van der Waals surface area contributed by atoms with Crippen molar-refractivity contribution in [1.82, 2.24) is 14.8 Å². The molecule has 1 atom stereocenters. The number of fused-ring (bicyclic) bond motifs is 1. The van der Waals surface area contributed by atoms with E-state index in [0.29, 0.717) is 13.1 Å². The smallest absolute Gasteiger partial charge is 0.312 e. The molecule has 0 aromatic carbocycles. The predicted octanol–water partition coefficient (Wildman–Crippen LogP) is 1.83. The molecule has 0 spiro atoms. The number of aromatic nitrogens is 1. The van der Waals surface area contributed by atoms with Crippen LogP contribution < -0.4 is 0 Å². The first-order chi connectivity index (χ1) is 8.16. The highest BCUT2D eigenvalue weighted by molar-refractivity contribution is 9.11. The van der Waals surface area contributed by atoms with Crippen LogP contribution in [-0.2, 0) is 11.3 Å². The second-order valence-electron chi connectivity index (χ2n) is 4.14. The van der Waals surface area contributed by atoms with E-state index in [1.54, 1.807) is 11.1 Å². The van der Waals surface area contributed by atoms with Gasteiger partial charge in [-0.1, -0.05) is 0 Å². The van der Waals surface area contributed by atoms with Gasteiger partial charge in [0.2, 0.25) is 0 Å². The van der Waals surface area contributed by atoms with Crippen LogP contribution in [0.2, 0.25) is 0 Å². The first-order valence-corrected chi connectivity index (χ1v) is 7.00. The zero-order valence-electron chi connectivity index (χ0n) is 8.93. The molecule has 0 bridgehead atoms. The molecule has 5 nitrogen and oxygen atoms in total. The predicted molar refractivity (Wildman–Crippen MR) is 65.5 cm³/mol. The van der Waals surface area contributed by atoms with Crippen molar-refractivity contribution in [3.8, 4) is 0 Å². The van der Waals surface area contributed by atoms with E-state index >= 15 is 0 Å². The molecule has 1 aromatic heterocycles. The van der Waals surface area contributed by atoms with Crippen LogP contribution in [0.15, 0.2) is 10.1 Å². The Kier molecular flexibility index (Phi) is 2.67. The van der Waals surface area contributed by atoms with Gasteiger partial charge >= 0.3 is 6.03 Å². The van der Waals surface area contributed by atoms with Gasteiger partial charge in [-0.05, 0) is 28.8 Å². The summed E-state index contributed by atoms with van der Waals surface area (Å²) in [5, 5.41) is 0. The van der Waals surface area contributed by atoms with E-state index in [-0.39, 0.29) is 18.0 Å². The van der Waals surface area contributed by atoms with E-state index in [2.05, 4.69) is 20.9 Å². The van der Waals surface area contributed by atoms with Gasteiger partial charge in [-0.15, -0.1) is 11.3 Å². The van der Waals surface area contributed by atoms with E-state index in [0.717, 1.165) is 21.6 Å². The number of carbonyl (C=O) groups is 2. The third-order valence-corrected chi connectivity index (χ3v) is 4.58. The Bertz CT molecular complexity index is 468. The van der Waals surface area contributed by atoms with Crippen LogP contribution >= 0.6 is 27.3 Å². The van der Waals surface area contributed by atoms with Gasteiger partial charge in [0.25, 0.3) is 5.91 Å². The topological polar surface area (TPSA) is 53.5 Å². The summed E-state index contributed by atoms with van der Waals surface area (Å²) in [6, 6.07) is -0.360. The molecule has 0 N–H and O–H groups in total. The van der Waals surface area contributed by atoms with E-state index in [1.807, 2.05) is 0 Å². The second-order valence-corrected chi connectivity index (χ2v) is 6.53. The lowest BCUT2D eigenvalue weighted by molar-refractivity contribution is -0.128. The normalized spacial score (nSPS) is 23.7. The minimum atomic E-state index is -0.209. The number of carbonyl (C=O) groups excluding carboxylic acids is 2. The number of thiazole rings is 1. The number of nitrogens with zero attached hydrogens (tertiary/aromatic N) is 3. The van der Waals surface area contributed by atoms with Crippen LogP contribution in [0.3, 0.4) is 0 Å². The molecule has 1 unspecified atom stereocenters. The first kappa shape index (κ1) is 11.2. The Hall–Kier alpha value is -0.950. The van der Waals surface area contributed by atoms with E-state index < -0.39 is 0 Å². The van der Waals surface area contributed by atoms with Crippen molar-refractivity contribution < 1.29 is 9.59 Å². The molecular formula is C10H10BrN3O2S.